The van der Waals surface area contributed by atoms with Crippen LogP contribution < -0.4 is 10.1 Å². The maximum absolute atomic E-state index is 6.29. The van der Waals surface area contributed by atoms with E-state index in [1.54, 1.807) is 0 Å². The minimum Gasteiger partial charge on any atom is -0.487 e. The van der Waals surface area contributed by atoms with Gasteiger partial charge in [-0.1, -0.05) is 18.2 Å². The summed E-state index contributed by atoms with van der Waals surface area (Å²) in [6.45, 7) is 7.80. The lowest BCUT2D eigenvalue weighted by molar-refractivity contribution is 0.0811. The topological polar surface area (TPSA) is 21.3 Å². The fourth-order valence-electron chi connectivity index (χ4n) is 3.22. The lowest BCUT2D eigenvalue weighted by atomic mass is 9.85. The van der Waals surface area contributed by atoms with Gasteiger partial charge in [-0.3, -0.25) is 0 Å². The minimum atomic E-state index is -0.0297. The molecule has 0 saturated carbocycles. The molecule has 0 aliphatic carbocycles. The van der Waals surface area contributed by atoms with E-state index in [1.165, 1.54) is 24.0 Å². The molecule has 1 aromatic carbocycles. The van der Waals surface area contributed by atoms with Crippen molar-refractivity contribution < 1.29 is 4.74 Å². The maximum Gasteiger partial charge on any atom is 0.128 e. The van der Waals surface area contributed by atoms with Crippen LogP contribution in [0.5, 0.6) is 5.75 Å². The Labute approximate surface area is 110 Å². The molecular weight excluding hydrogens is 222 g/mol. The van der Waals surface area contributed by atoms with Crippen molar-refractivity contribution in [1.29, 1.82) is 0 Å². The second-order valence-corrected chi connectivity index (χ2v) is 6.52. The van der Waals surface area contributed by atoms with Crippen molar-refractivity contribution in [2.75, 3.05) is 6.54 Å². The standard InChI is InChI=1S/C16H23NO/c1-15(2)10-8-12-6-4-7-13(14(12)18-15)16(3)9-5-11-17-16/h4,6-7,17H,5,8-11H2,1-3H3. The first-order valence-corrected chi connectivity index (χ1v) is 7.07. The van der Waals surface area contributed by atoms with E-state index in [4.69, 9.17) is 4.74 Å². The number of aryl methyl sites for hydroxylation is 1. The van der Waals surface area contributed by atoms with Gasteiger partial charge >= 0.3 is 0 Å². The molecular formula is C16H23NO. The molecule has 0 radical (unpaired) electrons. The Morgan fingerprint density at radius 2 is 2.00 bits per heavy atom. The molecule has 0 amide bonds. The molecule has 0 spiro atoms. The summed E-state index contributed by atoms with van der Waals surface area (Å²) < 4.78 is 6.29. The zero-order valence-electron chi connectivity index (χ0n) is 11.7. The largest absolute Gasteiger partial charge is 0.487 e. The van der Waals surface area contributed by atoms with E-state index in [1.807, 2.05) is 0 Å². The highest BCUT2D eigenvalue weighted by Gasteiger charge is 2.36. The quantitative estimate of drug-likeness (QED) is 0.819. The van der Waals surface area contributed by atoms with Crippen LogP contribution in [0.4, 0.5) is 0 Å². The van der Waals surface area contributed by atoms with Gasteiger partial charge in [0.25, 0.3) is 0 Å². The summed E-state index contributed by atoms with van der Waals surface area (Å²) in [4.78, 5) is 0. The van der Waals surface area contributed by atoms with Gasteiger partial charge in [-0.2, -0.15) is 0 Å². The summed E-state index contributed by atoms with van der Waals surface area (Å²) in [5.74, 6) is 1.14. The Bertz CT molecular complexity index is 458. The summed E-state index contributed by atoms with van der Waals surface area (Å²) in [6, 6.07) is 6.63. The third-order valence-electron chi connectivity index (χ3n) is 4.43. The minimum absolute atomic E-state index is 0.0297. The van der Waals surface area contributed by atoms with Gasteiger partial charge in [0.1, 0.15) is 11.4 Å². The van der Waals surface area contributed by atoms with Gasteiger partial charge < -0.3 is 10.1 Å². The van der Waals surface area contributed by atoms with Crippen LogP contribution in [0.15, 0.2) is 18.2 Å². The maximum atomic E-state index is 6.29. The molecule has 1 aromatic rings. The van der Waals surface area contributed by atoms with E-state index < -0.39 is 0 Å². The second-order valence-electron chi connectivity index (χ2n) is 6.52. The number of benzene rings is 1. The molecule has 0 aromatic heterocycles. The first-order valence-electron chi connectivity index (χ1n) is 7.07. The molecule has 1 unspecified atom stereocenters. The first kappa shape index (κ1) is 12.0. The van der Waals surface area contributed by atoms with E-state index in [9.17, 15) is 0 Å². The fraction of sp³-hybridized carbons (Fsp3) is 0.625. The summed E-state index contributed by atoms with van der Waals surface area (Å²) in [7, 11) is 0. The molecule has 2 heteroatoms. The average molecular weight is 245 g/mol. The highest BCUT2D eigenvalue weighted by molar-refractivity contribution is 5.47. The molecule has 1 N–H and O–H groups in total. The Balaban J connectivity index is 2.06. The lowest BCUT2D eigenvalue weighted by Gasteiger charge is -2.37. The zero-order chi connectivity index (χ0) is 12.8. The summed E-state index contributed by atoms with van der Waals surface area (Å²) >= 11 is 0. The summed E-state index contributed by atoms with van der Waals surface area (Å²) in [5.41, 5.74) is 2.80. The Morgan fingerprint density at radius 3 is 2.72 bits per heavy atom. The highest BCUT2D eigenvalue weighted by Crippen LogP contribution is 2.42. The number of hydrogen-bond donors (Lipinski definition) is 1. The molecule has 3 rings (SSSR count). The van der Waals surface area contributed by atoms with Gasteiger partial charge in [-0.15, -0.1) is 0 Å². The summed E-state index contributed by atoms with van der Waals surface area (Å²) in [5, 5.41) is 3.65. The van der Waals surface area contributed by atoms with Gasteiger partial charge in [0, 0.05) is 11.1 Å². The van der Waals surface area contributed by atoms with Gasteiger partial charge in [0.2, 0.25) is 0 Å². The third kappa shape index (κ3) is 1.93. The molecule has 0 bridgehead atoms. The van der Waals surface area contributed by atoms with Crippen LogP contribution in [-0.2, 0) is 12.0 Å². The van der Waals surface area contributed by atoms with Crippen LogP contribution in [0.3, 0.4) is 0 Å². The van der Waals surface area contributed by atoms with Crippen molar-refractivity contribution in [2.24, 2.45) is 0 Å². The lowest BCUT2D eigenvalue weighted by Crippen LogP contribution is -2.38. The normalized spacial score (nSPS) is 29.7. The van der Waals surface area contributed by atoms with Crippen LogP contribution in [0, 0.1) is 0 Å². The van der Waals surface area contributed by atoms with E-state index in [0.717, 1.165) is 25.1 Å². The Kier molecular flexibility index (Phi) is 2.67. The van der Waals surface area contributed by atoms with Crippen molar-refractivity contribution in [3.05, 3.63) is 29.3 Å². The van der Waals surface area contributed by atoms with E-state index in [0.29, 0.717) is 0 Å². The van der Waals surface area contributed by atoms with Crippen molar-refractivity contribution in [3.63, 3.8) is 0 Å². The van der Waals surface area contributed by atoms with Crippen LogP contribution in [0.1, 0.15) is 51.2 Å². The van der Waals surface area contributed by atoms with Crippen molar-refractivity contribution in [1.82, 2.24) is 5.32 Å². The van der Waals surface area contributed by atoms with Gasteiger partial charge in [0.05, 0.1) is 0 Å². The van der Waals surface area contributed by atoms with E-state index in [2.05, 4.69) is 44.3 Å². The van der Waals surface area contributed by atoms with Crippen molar-refractivity contribution in [3.8, 4) is 5.75 Å². The van der Waals surface area contributed by atoms with Crippen LogP contribution >= 0.6 is 0 Å². The smallest absolute Gasteiger partial charge is 0.128 e. The first-order chi connectivity index (χ1) is 8.50. The van der Waals surface area contributed by atoms with Crippen LogP contribution in [0.25, 0.3) is 0 Å². The zero-order valence-corrected chi connectivity index (χ0v) is 11.7. The molecule has 1 fully saturated rings. The SMILES string of the molecule is CC1(C)CCc2cccc(C3(C)CCCN3)c2O1. The summed E-state index contributed by atoms with van der Waals surface area (Å²) in [6.07, 6.45) is 4.69. The molecule has 2 aliphatic rings. The molecule has 1 atom stereocenters. The monoisotopic (exact) mass is 245 g/mol. The molecule has 18 heavy (non-hydrogen) atoms. The number of ether oxygens (including phenoxy) is 1. The third-order valence-corrected chi connectivity index (χ3v) is 4.43. The fourth-order valence-corrected chi connectivity index (χ4v) is 3.22. The second kappa shape index (κ2) is 3.99. The Hall–Kier alpha value is -1.02. The number of para-hydroxylation sites is 1. The molecule has 2 aliphatic heterocycles. The number of rotatable bonds is 1. The van der Waals surface area contributed by atoms with Gasteiger partial charge in [-0.05, 0) is 58.6 Å². The van der Waals surface area contributed by atoms with Crippen molar-refractivity contribution >= 4 is 0 Å². The molecule has 2 nitrogen and oxygen atoms in total. The van der Waals surface area contributed by atoms with Crippen LogP contribution in [-0.4, -0.2) is 12.1 Å². The number of fused-ring (bicyclic) bond motifs is 1. The van der Waals surface area contributed by atoms with E-state index in [-0.39, 0.29) is 11.1 Å². The molecule has 2 heterocycles. The average Bonchev–Trinajstić information content (AvgIpc) is 2.75. The molecule has 98 valence electrons. The number of hydrogen-bond acceptors (Lipinski definition) is 2. The highest BCUT2D eigenvalue weighted by atomic mass is 16.5. The number of nitrogens with one attached hydrogen (secondary N) is 1. The van der Waals surface area contributed by atoms with Crippen LogP contribution in [0.2, 0.25) is 0 Å². The van der Waals surface area contributed by atoms with Crippen molar-refractivity contribution in [2.45, 2.75) is 57.6 Å². The van der Waals surface area contributed by atoms with E-state index >= 15 is 0 Å². The molecule has 1 saturated heterocycles. The Morgan fingerprint density at radius 1 is 1.17 bits per heavy atom. The van der Waals surface area contributed by atoms with Gasteiger partial charge in [-0.25, -0.2) is 0 Å². The predicted molar refractivity (Wildman–Crippen MR) is 74.1 cm³/mol. The predicted octanol–water partition coefficient (Wildman–Crippen LogP) is 3.39. The van der Waals surface area contributed by atoms with Gasteiger partial charge in [0.15, 0.2) is 0 Å².